The zero-order chi connectivity index (χ0) is 12.1. The van der Waals surface area contributed by atoms with Crippen LogP contribution in [0.1, 0.15) is 26.3 Å². The molecule has 1 rings (SSSR count). The maximum Gasteiger partial charge on any atom is 0.149 e. The molecule has 0 spiro atoms. The van der Waals surface area contributed by atoms with Crippen molar-refractivity contribution < 1.29 is 4.79 Å². The molecule has 0 heterocycles. The van der Waals surface area contributed by atoms with Gasteiger partial charge in [0.15, 0.2) is 0 Å². The fourth-order valence-electron chi connectivity index (χ4n) is 1.78. The zero-order valence-corrected chi connectivity index (χ0v) is 10.7. The summed E-state index contributed by atoms with van der Waals surface area (Å²) in [5.74, 6) is 0.870. The minimum Gasteiger partial charge on any atom is -0.367 e. The summed E-state index contributed by atoms with van der Waals surface area (Å²) in [6, 6.07) is 8.46. The number of benzene rings is 1. The number of carbonyl (C=O) groups excluding carboxylic acids is 1. The van der Waals surface area contributed by atoms with E-state index in [0.717, 1.165) is 12.1 Å². The standard InChI is InChI=1S/C14H21NO/c1-11(2)9-13-5-7-14(8-6-13)15(4)10-12(3)16/h5-8,11H,9-10H2,1-4H3. The smallest absolute Gasteiger partial charge is 0.149 e. The molecule has 0 aliphatic carbocycles. The van der Waals surface area contributed by atoms with Gasteiger partial charge in [-0.1, -0.05) is 26.0 Å². The molecule has 0 aliphatic heterocycles. The predicted octanol–water partition coefficient (Wildman–Crippen LogP) is 2.91. The Morgan fingerprint density at radius 3 is 2.25 bits per heavy atom. The summed E-state index contributed by atoms with van der Waals surface area (Å²) in [7, 11) is 1.94. The van der Waals surface area contributed by atoms with Gasteiger partial charge in [0.25, 0.3) is 0 Å². The molecule has 0 amide bonds. The van der Waals surface area contributed by atoms with Crippen molar-refractivity contribution in [3.63, 3.8) is 0 Å². The third-order valence-electron chi connectivity index (χ3n) is 2.48. The van der Waals surface area contributed by atoms with E-state index in [9.17, 15) is 4.79 Å². The van der Waals surface area contributed by atoms with E-state index in [-0.39, 0.29) is 5.78 Å². The fraction of sp³-hybridized carbons (Fsp3) is 0.500. The Balaban J connectivity index is 2.66. The Kier molecular flexibility index (Phi) is 4.53. The topological polar surface area (TPSA) is 20.3 Å². The van der Waals surface area contributed by atoms with Crippen molar-refractivity contribution >= 4 is 11.5 Å². The van der Waals surface area contributed by atoms with Gasteiger partial charge in [0.1, 0.15) is 5.78 Å². The highest BCUT2D eigenvalue weighted by Crippen LogP contribution is 2.15. The maximum atomic E-state index is 11.0. The number of anilines is 1. The normalized spacial score (nSPS) is 10.6. The minimum absolute atomic E-state index is 0.189. The van der Waals surface area contributed by atoms with Gasteiger partial charge >= 0.3 is 0 Å². The van der Waals surface area contributed by atoms with E-state index in [1.807, 2.05) is 11.9 Å². The number of hydrogen-bond acceptors (Lipinski definition) is 2. The largest absolute Gasteiger partial charge is 0.367 e. The molecule has 16 heavy (non-hydrogen) atoms. The van der Waals surface area contributed by atoms with Crippen molar-refractivity contribution in [2.75, 3.05) is 18.5 Å². The Morgan fingerprint density at radius 1 is 1.25 bits per heavy atom. The van der Waals surface area contributed by atoms with Crippen molar-refractivity contribution in [1.29, 1.82) is 0 Å². The van der Waals surface area contributed by atoms with E-state index in [4.69, 9.17) is 0 Å². The van der Waals surface area contributed by atoms with Gasteiger partial charge in [-0.2, -0.15) is 0 Å². The second-order valence-electron chi connectivity index (χ2n) is 4.82. The van der Waals surface area contributed by atoms with Crippen LogP contribution in [-0.4, -0.2) is 19.4 Å². The number of rotatable bonds is 5. The molecule has 1 aromatic rings. The first-order chi connectivity index (χ1) is 7.49. The first-order valence-corrected chi connectivity index (χ1v) is 5.78. The van der Waals surface area contributed by atoms with Crippen LogP contribution in [0.15, 0.2) is 24.3 Å². The van der Waals surface area contributed by atoms with Crippen LogP contribution in [0.5, 0.6) is 0 Å². The summed E-state index contributed by atoms with van der Waals surface area (Å²) in [5, 5.41) is 0. The van der Waals surface area contributed by atoms with Crippen molar-refractivity contribution in [3.8, 4) is 0 Å². The van der Waals surface area contributed by atoms with Crippen molar-refractivity contribution in [2.45, 2.75) is 27.2 Å². The molecule has 0 aliphatic rings. The van der Waals surface area contributed by atoms with Crippen molar-refractivity contribution in [2.24, 2.45) is 5.92 Å². The van der Waals surface area contributed by atoms with Crippen LogP contribution in [0, 0.1) is 5.92 Å². The van der Waals surface area contributed by atoms with Gasteiger partial charge in [-0.05, 0) is 37.0 Å². The highest BCUT2D eigenvalue weighted by molar-refractivity contribution is 5.80. The summed E-state index contributed by atoms with van der Waals surface area (Å²) in [6.45, 7) is 6.53. The number of hydrogen-bond donors (Lipinski definition) is 0. The molecule has 0 saturated heterocycles. The van der Waals surface area contributed by atoms with Crippen LogP contribution in [-0.2, 0) is 11.2 Å². The monoisotopic (exact) mass is 219 g/mol. The molecule has 0 bridgehead atoms. The van der Waals surface area contributed by atoms with Gasteiger partial charge in [-0.25, -0.2) is 0 Å². The SMILES string of the molecule is CC(=O)CN(C)c1ccc(CC(C)C)cc1. The zero-order valence-electron chi connectivity index (χ0n) is 10.7. The van der Waals surface area contributed by atoms with Crippen LogP contribution in [0.3, 0.4) is 0 Å². The van der Waals surface area contributed by atoms with E-state index < -0.39 is 0 Å². The molecular formula is C14H21NO. The first kappa shape index (κ1) is 12.8. The molecule has 0 aromatic heterocycles. The minimum atomic E-state index is 0.189. The van der Waals surface area contributed by atoms with E-state index >= 15 is 0 Å². The van der Waals surface area contributed by atoms with Crippen LogP contribution >= 0.6 is 0 Å². The lowest BCUT2D eigenvalue weighted by Crippen LogP contribution is -2.23. The van der Waals surface area contributed by atoms with Gasteiger partial charge in [0, 0.05) is 12.7 Å². The number of likely N-dealkylation sites (N-methyl/N-ethyl adjacent to an activating group) is 1. The second kappa shape index (κ2) is 5.69. The summed E-state index contributed by atoms with van der Waals surface area (Å²) < 4.78 is 0. The Morgan fingerprint density at radius 2 is 1.81 bits per heavy atom. The summed E-state index contributed by atoms with van der Waals surface area (Å²) in [6.07, 6.45) is 1.11. The van der Waals surface area contributed by atoms with E-state index in [2.05, 4.69) is 38.1 Å². The van der Waals surface area contributed by atoms with Crippen LogP contribution in [0.4, 0.5) is 5.69 Å². The summed E-state index contributed by atoms with van der Waals surface area (Å²) in [4.78, 5) is 13.0. The molecule has 0 fully saturated rings. The highest BCUT2D eigenvalue weighted by Gasteiger charge is 2.04. The molecular weight excluding hydrogens is 198 g/mol. The van der Waals surface area contributed by atoms with Gasteiger partial charge in [-0.3, -0.25) is 4.79 Å². The van der Waals surface area contributed by atoms with Crippen LogP contribution in [0.25, 0.3) is 0 Å². The Hall–Kier alpha value is -1.31. The van der Waals surface area contributed by atoms with E-state index in [0.29, 0.717) is 12.5 Å². The van der Waals surface area contributed by atoms with Crippen molar-refractivity contribution in [3.05, 3.63) is 29.8 Å². The molecule has 88 valence electrons. The first-order valence-electron chi connectivity index (χ1n) is 5.78. The maximum absolute atomic E-state index is 11.0. The predicted molar refractivity (Wildman–Crippen MR) is 68.9 cm³/mol. The second-order valence-corrected chi connectivity index (χ2v) is 4.82. The molecule has 0 atom stereocenters. The lowest BCUT2D eigenvalue weighted by atomic mass is 10.0. The molecule has 0 saturated carbocycles. The van der Waals surface area contributed by atoms with E-state index in [1.165, 1.54) is 5.56 Å². The third-order valence-corrected chi connectivity index (χ3v) is 2.48. The lowest BCUT2D eigenvalue weighted by molar-refractivity contribution is -0.115. The lowest BCUT2D eigenvalue weighted by Gasteiger charge is -2.18. The quantitative estimate of drug-likeness (QED) is 0.759. The summed E-state index contributed by atoms with van der Waals surface area (Å²) in [5.41, 5.74) is 2.46. The van der Waals surface area contributed by atoms with Gasteiger partial charge in [-0.15, -0.1) is 0 Å². The molecule has 0 radical (unpaired) electrons. The molecule has 0 unspecified atom stereocenters. The molecule has 2 nitrogen and oxygen atoms in total. The fourth-order valence-corrected chi connectivity index (χ4v) is 1.78. The third kappa shape index (κ3) is 4.05. The number of nitrogens with zero attached hydrogens (tertiary/aromatic N) is 1. The average molecular weight is 219 g/mol. The van der Waals surface area contributed by atoms with Gasteiger partial charge in [0.2, 0.25) is 0 Å². The number of Topliss-reactive ketones (excluding diaryl/α,β-unsaturated/α-hetero) is 1. The Bertz CT molecular complexity index is 340. The van der Waals surface area contributed by atoms with Crippen LogP contribution < -0.4 is 4.90 Å². The average Bonchev–Trinajstić information content (AvgIpc) is 2.16. The highest BCUT2D eigenvalue weighted by atomic mass is 16.1. The number of ketones is 1. The van der Waals surface area contributed by atoms with Gasteiger partial charge < -0.3 is 4.90 Å². The van der Waals surface area contributed by atoms with Crippen LogP contribution in [0.2, 0.25) is 0 Å². The molecule has 0 N–H and O–H groups in total. The number of carbonyl (C=O) groups is 1. The summed E-state index contributed by atoms with van der Waals surface area (Å²) >= 11 is 0. The van der Waals surface area contributed by atoms with Crippen molar-refractivity contribution in [1.82, 2.24) is 0 Å². The Labute approximate surface area is 98.3 Å². The molecule has 1 aromatic carbocycles. The molecule has 2 heteroatoms. The van der Waals surface area contributed by atoms with Gasteiger partial charge in [0.05, 0.1) is 6.54 Å². The van der Waals surface area contributed by atoms with E-state index in [1.54, 1.807) is 6.92 Å².